The van der Waals surface area contributed by atoms with Crippen LogP contribution >= 0.6 is 11.6 Å². The van der Waals surface area contributed by atoms with Crippen LogP contribution in [-0.2, 0) is 16.3 Å². The standard InChI is InChI=1S/C19H17ClN2O3S/c1-12-6-15(19-17(7-12)18(10-23)21-11-22-19)8-14-4-3-5-16(9-14)26(24,25)13(2)20/h3-7,9-11,13H,8H2,1-2H3. The Bertz CT molecular complexity index is 1100. The van der Waals surface area contributed by atoms with Gasteiger partial charge in [-0.3, -0.25) is 4.79 Å². The predicted molar refractivity (Wildman–Crippen MR) is 101 cm³/mol. The molecule has 0 amide bonds. The van der Waals surface area contributed by atoms with Crippen molar-refractivity contribution in [1.29, 1.82) is 0 Å². The zero-order valence-electron chi connectivity index (χ0n) is 14.3. The van der Waals surface area contributed by atoms with E-state index in [1.54, 1.807) is 18.2 Å². The van der Waals surface area contributed by atoms with E-state index in [1.165, 1.54) is 13.3 Å². The fourth-order valence-corrected chi connectivity index (χ4v) is 4.16. The van der Waals surface area contributed by atoms with E-state index in [0.29, 0.717) is 29.3 Å². The molecule has 2 aromatic carbocycles. The summed E-state index contributed by atoms with van der Waals surface area (Å²) in [6, 6.07) is 10.6. The van der Waals surface area contributed by atoms with E-state index >= 15 is 0 Å². The van der Waals surface area contributed by atoms with Gasteiger partial charge in [0.1, 0.15) is 16.7 Å². The van der Waals surface area contributed by atoms with Gasteiger partial charge in [0, 0.05) is 5.39 Å². The van der Waals surface area contributed by atoms with E-state index in [9.17, 15) is 13.2 Å². The topological polar surface area (TPSA) is 77.0 Å². The fraction of sp³-hybridized carbons (Fsp3) is 0.211. The number of benzene rings is 2. The molecule has 5 nitrogen and oxygen atoms in total. The van der Waals surface area contributed by atoms with Crippen molar-refractivity contribution in [3.05, 3.63) is 65.1 Å². The van der Waals surface area contributed by atoms with Gasteiger partial charge in [-0.2, -0.15) is 0 Å². The first-order chi connectivity index (χ1) is 12.3. The van der Waals surface area contributed by atoms with Crippen molar-refractivity contribution in [2.24, 2.45) is 0 Å². The summed E-state index contributed by atoms with van der Waals surface area (Å²) in [5.74, 6) is 0. The third-order valence-electron chi connectivity index (χ3n) is 4.15. The Morgan fingerprint density at radius 1 is 1.19 bits per heavy atom. The van der Waals surface area contributed by atoms with Crippen LogP contribution in [0.4, 0.5) is 0 Å². The summed E-state index contributed by atoms with van der Waals surface area (Å²) in [6.45, 7) is 3.37. The molecule has 1 heterocycles. The highest BCUT2D eigenvalue weighted by atomic mass is 35.5. The van der Waals surface area contributed by atoms with Crippen molar-refractivity contribution in [1.82, 2.24) is 9.97 Å². The normalized spacial score (nSPS) is 12.9. The molecule has 0 aliphatic carbocycles. The summed E-state index contributed by atoms with van der Waals surface area (Å²) < 4.78 is 23.6. The van der Waals surface area contributed by atoms with Crippen LogP contribution < -0.4 is 0 Å². The lowest BCUT2D eigenvalue weighted by atomic mass is 9.99. The second kappa shape index (κ2) is 7.13. The monoisotopic (exact) mass is 388 g/mol. The highest BCUT2D eigenvalue weighted by Crippen LogP contribution is 2.25. The van der Waals surface area contributed by atoms with Crippen molar-refractivity contribution in [2.75, 3.05) is 0 Å². The van der Waals surface area contributed by atoms with Crippen LogP contribution in [-0.4, -0.2) is 29.4 Å². The van der Waals surface area contributed by atoms with Crippen molar-refractivity contribution in [2.45, 2.75) is 29.9 Å². The van der Waals surface area contributed by atoms with Crippen LogP contribution in [0.5, 0.6) is 0 Å². The first-order valence-electron chi connectivity index (χ1n) is 7.99. The number of fused-ring (bicyclic) bond motifs is 1. The van der Waals surface area contributed by atoms with Crippen LogP contribution in [0.25, 0.3) is 10.9 Å². The van der Waals surface area contributed by atoms with E-state index in [0.717, 1.165) is 16.7 Å². The molecule has 0 saturated heterocycles. The lowest BCUT2D eigenvalue weighted by molar-refractivity contribution is 0.112. The van der Waals surface area contributed by atoms with Gasteiger partial charge in [0.2, 0.25) is 0 Å². The van der Waals surface area contributed by atoms with Gasteiger partial charge in [-0.25, -0.2) is 18.4 Å². The Labute approximate surface area is 157 Å². The van der Waals surface area contributed by atoms with Gasteiger partial charge in [-0.1, -0.05) is 23.8 Å². The van der Waals surface area contributed by atoms with Gasteiger partial charge in [0.15, 0.2) is 16.1 Å². The number of nitrogens with zero attached hydrogens (tertiary/aromatic N) is 2. The number of hydrogen-bond donors (Lipinski definition) is 0. The number of sulfone groups is 1. The number of aldehydes is 1. The van der Waals surface area contributed by atoms with Crippen LogP contribution in [0, 0.1) is 6.92 Å². The van der Waals surface area contributed by atoms with E-state index in [1.807, 2.05) is 25.1 Å². The molecule has 26 heavy (non-hydrogen) atoms. The molecule has 0 spiro atoms. The second-order valence-electron chi connectivity index (χ2n) is 6.11. The smallest absolute Gasteiger partial charge is 0.194 e. The molecule has 7 heteroatoms. The minimum atomic E-state index is -3.56. The van der Waals surface area contributed by atoms with Crippen LogP contribution in [0.2, 0.25) is 0 Å². The van der Waals surface area contributed by atoms with Crippen molar-refractivity contribution in [3.63, 3.8) is 0 Å². The Hall–Kier alpha value is -2.31. The molecule has 0 fully saturated rings. The highest BCUT2D eigenvalue weighted by Gasteiger charge is 2.21. The minimum absolute atomic E-state index is 0.192. The predicted octanol–water partition coefficient (Wildman–Crippen LogP) is 3.70. The van der Waals surface area contributed by atoms with Gasteiger partial charge < -0.3 is 0 Å². The number of rotatable bonds is 5. The summed E-state index contributed by atoms with van der Waals surface area (Å²) in [5, 5.41) is 0.690. The van der Waals surface area contributed by atoms with Gasteiger partial charge in [0.05, 0.1) is 10.4 Å². The zero-order chi connectivity index (χ0) is 18.9. The van der Waals surface area contributed by atoms with Crippen molar-refractivity contribution < 1.29 is 13.2 Å². The molecule has 3 aromatic rings. The molecule has 0 radical (unpaired) electrons. The fourth-order valence-electron chi connectivity index (χ4n) is 2.89. The summed E-state index contributed by atoms with van der Waals surface area (Å²) in [5.41, 5.74) is 3.72. The van der Waals surface area contributed by atoms with Crippen LogP contribution in [0.3, 0.4) is 0 Å². The van der Waals surface area contributed by atoms with Crippen LogP contribution in [0.15, 0.2) is 47.6 Å². The average Bonchev–Trinajstić information content (AvgIpc) is 2.61. The molecule has 0 aliphatic rings. The third kappa shape index (κ3) is 3.48. The van der Waals surface area contributed by atoms with E-state index in [4.69, 9.17) is 11.6 Å². The van der Waals surface area contributed by atoms with Crippen molar-refractivity contribution >= 4 is 38.6 Å². The van der Waals surface area contributed by atoms with Gasteiger partial charge >= 0.3 is 0 Å². The molecule has 1 unspecified atom stereocenters. The number of alkyl halides is 1. The molecule has 0 saturated carbocycles. The first-order valence-corrected chi connectivity index (χ1v) is 9.97. The SMILES string of the molecule is Cc1cc(Cc2cccc(S(=O)(=O)C(C)Cl)c2)c2ncnc(C=O)c2c1. The van der Waals surface area contributed by atoms with E-state index in [2.05, 4.69) is 9.97 Å². The first kappa shape index (κ1) is 18.5. The summed E-state index contributed by atoms with van der Waals surface area (Å²) in [6.07, 6.45) is 2.55. The number of aromatic nitrogens is 2. The lowest BCUT2D eigenvalue weighted by Crippen LogP contribution is -2.11. The summed E-state index contributed by atoms with van der Waals surface area (Å²) >= 11 is 5.81. The molecule has 3 rings (SSSR count). The molecule has 0 bridgehead atoms. The van der Waals surface area contributed by atoms with E-state index in [-0.39, 0.29) is 4.90 Å². The number of aryl methyl sites for hydroxylation is 1. The maximum Gasteiger partial charge on any atom is 0.194 e. The third-order valence-corrected chi connectivity index (χ3v) is 6.62. The molecular formula is C19H17ClN2O3S. The molecule has 1 aromatic heterocycles. The zero-order valence-corrected chi connectivity index (χ0v) is 15.9. The Kier molecular flexibility index (Phi) is 5.07. The Morgan fingerprint density at radius 3 is 2.65 bits per heavy atom. The Morgan fingerprint density at radius 2 is 1.96 bits per heavy atom. The van der Waals surface area contributed by atoms with E-state index < -0.39 is 14.5 Å². The molecule has 0 N–H and O–H groups in total. The molecule has 134 valence electrons. The maximum atomic E-state index is 12.3. The van der Waals surface area contributed by atoms with Gasteiger partial charge in [-0.15, -0.1) is 11.6 Å². The molecule has 1 atom stereocenters. The van der Waals surface area contributed by atoms with Gasteiger partial charge in [0.25, 0.3) is 0 Å². The molecular weight excluding hydrogens is 372 g/mol. The minimum Gasteiger partial charge on any atom is -0.296 e. The van der Waals surface area contributed by atoms with Crippen molar-refractivity contribution in [3.8, 4) is 0 Å². The summed E-state index contributed by atoms with van der Waals surface area (Å²) in [7, 11) is -3.56. The Balaban J connectivity index is 2.09. The lowest BCUT2D eigenvalue weighted by Gasteiger charge is -2.11. The average molecular weight is 389 g/mol. The number of carbonyl (C=O) groups excluding carboxylic acids is 1. The van der Waals surface area contributed by atoms with Crippen LogP contribution in [0.1, 0.15) is 34.1 Å². The van der Waals surface area contributed by atoms with Gasteiger partial charge in [-0.05, 0) is 49.6 Å². The maximum absolute atomic E-state index is 12.3. The molecule has 0 aliphatic heterocycles. The quantitative estimate of drug-likeness (QED) is 0.492. The largest absolute Gasteiger partial charge is 0.296 e. The number of hydrogen-bond acceptors (Lipinski definition) is 5. The summed E-state index contributed by atoms with van der Waals surface area (Å²) in [4.78, 5) is 19.8. The second-order valence-corrected chi connectivity index (χ2v) is 9.29. The highest BCUT2D eigenvalue weighted by molar-refractivity contribution is 7.93. The number of halogens is 1. The number of carbonyl (C=O) groups is 1.